The largest absolute Gasteiger partial charge is 0.494 e. The van der Waals surface area contributed by atoms with Crippen LogP contribution >= 0.6 is 0 Å². The summed E-state index contributed by atoms with van der Waals surface area (Å²) in [7, 11) is 0. The Balaban J connectivity index is 2.15. The fourth-order valence-corrected chi connectivity index (χ4v) is 1.92. The highest BCUT2D eigenvalue weighted by Crippen LogP contribution is 2.27. The molecule has 112 valence electrons. The lowest BCUT2D eigenvalue weighted by atomic mass is 10.1. The van der Waals surface area contributed by atoms with Gasteiger partial charge in [0.25, 0.3) is 5.91 Å². The van der Waals surface area contributed by atoms with E-state index in [1.807, 2.05) is 29.7 Å². The van der Waals surface area contributed by atoms with Gasteiger partial charge in [0.2, 0.25) is 0 Å². The molecule has 6 nitrogen and oxygen atoms in total. The van der Waals surface area contributed by atoms with Crippen LogP contribution in [0.4, 0.5) is 0 Å². The number of unbranched alkanes of at least 4 members (excludes halogenated alkanes) is 1. The number of nitrogens with two attached hydrogens (primary N) is 1. The second-order valence-corrected chi connectivity index (χ2v) is 4.69. The molecule has 0 aliphatic heterocycles. The van der Waals surface area contributed by atoms with Crippen molar-refractivity contribution in [2.45, 2.75) is 26.7 Å². The van der Waals surface area contributed by atoms with Gasteiger partial charge in [-0.3, -0.25) is 10.2 Å². The van der Waals surface area contributed by atoms with Gasteiger partial charge in [0.15, 0.2) is 11.5 Å². The standard InChI is InChI=1S/C15H19N3O3/c1-3-4-9-20-12-7-5-11(6-8-12)14-10(2)13(18-21-14)15(19)17-16/h5-8H,3-4,9,16H2,1-2H3,(H,17,19). The Kier molecular flexibility index (Phi) is 4.94. The highest BCUT2D eigenvalue weighted by molar-refractivity contribution is 5.94. The minimum Gasteiger partial charge on any atom is -0.494 e. The van der Waals surface area contributed by atoms with Crippen molar-refractivity contribution in [3.8, 4) is 17.1 Å². The van der Waals surface area contributed by atoms with Gasteiger partial charge < -0.3 is 9.26 Å². The Hall–Kier alpha value is -2.34. The Bertz CT molecular complexity index is 605. The van der Waals surface area contributed by atoms with E-state index in [9.17, 15) is 4.79 Å². The molecule has 0 unspecified atom stereocenters. The van der Waals surface area contributed by atoms with E-state index in [-0.39, 0.29) is 5.69 Å². The van der Waals surface area contributed by atoms with E-state index in [2.05, 4.69) is 12.1 Å². The molecule has 21 heavy (non-hydrogen) atoms. The van der Waals surface area contributed by atoms with Crippen molar-refractivity contribution in [1.29, 1.82) is 0 Å². The van der Waals surface area contributed by atoms with Gasteiger partial charge in [-0.15, -0.1) is 0 Å². The van der Waals surface area contributed by atoms with E-state index in [4.69, 9.17) is 15.1 Å². The molecule has 1 amide bonds. The van der Waals surface area contributed by atoms with Crippen LogP contribution in [-0.2, 0) is 0 Å². The summed E-state index contributed by atoms with van der Waals surface area (Å²) < 4.78 is 10.8. The molecule has 0 saturated carbocycles. The quantitative estimate of drug-likeness (QED) is 0.369. The molecule has 0 radical (unpaired) electrons. The first-order valence-corrected chi connectivity index (χ1v) is 6.87. The second-order valence-electron chi connectivity index (χ2n) is 4.69. The first kappa shape index (κ1) is 15.1. The molecular formula is C15H19N3O3. The van der Waals surface area contributed by atoms with E-state index in [1.54, 1.807) is 6.92 Å². The van der Waals surface area contributed by atoms with Crippen molar-refractivity contribution in [3.05, 3.63) is 35.5 Å². The summed E-state index contributed by atoms with van der Waals surface area (Å²) in [6.45, 7) is 4.59. The zero-order valence-corrected chi connectivity index (χ0v) is 12.2. The van der Waals surface area contributed by atoms with Crippen LogP contribution in [0.1, 0.15) is 35.8 Å². The fraction of sp³-hybridized carbons (Fsp3) is 0.333. The monoisotopic (exact) mass is 289 g/mol. The van der Waals surface area contributed by atoms with Crippen LogP contribution in [0.5, 0.6) is 5.75 Å². The predicted molar refractivity (Wildman–Crippen MR) is 78.7 cm³/mol. The molecule has 1 heterocycles. The van der Waals surface area contributed by atoms with Crippen LogP contribution < -0.4 is 16.0 Å². The highest BCUT2D eigenvalue weighted by Gasteiger charge is 2.18. The minimum atomic E-state index is -0.470. The van der Waals surface area contributed by atoms with Crippen LogP contribution in [-0.4, -0.2) is 17.7 Å². The van der Waals surface area contributed by atoms with Crippen molar-refractivity contribution < 1.29 is 14.1 Å². The van der Waals surface area contributed by atoms with E-state index in [0.717, 1.165) is 24.2 Å². The molecule has 6 heteroatoms. The van der Waals surface area contributed by atoms with Crippen LogP contribution in [0.2, 0.25) is 0 Å². The third-order valence-corrected chi connectivity index (χ3v) is 3.15. The number of amides is 1. The first-order chi connectivity index (χ1) is 10.2. The Labute approximate surface area is 123 Å². The maximum atomic E-state index is 11.5. The van der Waals surface area contributed by atoms with Crippen molar-refractivity contribution in [1.82, 2.24) is 10.6 Å². The SMILES string of the molecule is CCCCOc1ccc(-c2onc(C(=O)NN)c2C)cc1. The number of hydrogen-bond acceptors (Lipinski definition) is 5. The molecule has 0 saturated heterocycles. The molecule has 0 fully saturated rings. The smallest absolute Gasteiger partial charge is 0.287 e. The lowest BCUT2D eigenvalue weighted by molar-refractivity contribution is 0.0944. The molecule has 0 aliphatic rings. The highest BCUT2D eigenvalue weighted by atomic mass is 16.5. The van der Waals surface area contributed by atoms with Gasteiger partial charge in [0, 0.05) is 11.1 Å². The van der Waals surface area contributed by atoms with E-state index >= 15 is 0 Å². The van der Waals surface area contributed by atoms with Gasteiger partial charge in [0.05, 0.1) is 6.61 Å². The van der Waals surface area contributed by atoms with Crippen molar-refractivity contribution in [3.63, 3.8) is 0 Å². The average Bonchev–Trinajstić information content (AvgIpc) is 2.89. The summed E-state index contributed by atoms with van der Waals surface area (Å²) >= 11 is 0. The molecule has 0 atom stereocenters. The lowest BCUT2D eigenvalue weighted by Gasteiger charge is -2.05. The summed E-state index contributed by atoms with van der Waals surface area (Å²) in [5.74, 6) is 5.99. The maximum Gasteiger partial charge on any atom is 0.287 e. The van der Waals surface area contributed by atoms with Crippen LogP contribution in [0.3, 0.4) is 0 Å². The van der Waals surface area contributed by atoms with Crippen LogP contribution in [0, 0.1) is 6.92 Å². The number of nitrogens with zero attached hydrogens (tertiary/aromatic N) is 1. The molecule has 3 N–H and O–H groups in total. The number of rotatable bonds is 6. The Morgan fingerprint density at radius 1 is 1.38 bits per heavy atom. The average molecular weight is 289 g/mol. The number of carbonyl (C=O) groups is 1. The number of carbonyl (C=O) groups excluding carboxylic acids is 1. The number of hydrogen-bond donors (Lipinski definition) is 2. The number of nitrogen functional groups attached to an aromatic ring is 1. The Morgan fingerprint density at radius 2 is 2.10 bits per heavy atom. The molecule has 0 spiro atoms. The minimum absolute atomic E-state index is 0.191. The Morgan fingerprint density at radius 3 is 2.71 bits per heavy atom. The van der Waals surface area contributed by atoms with E-state index < -0.39 is 5.91 Å². The molecule has 2 aromatic rings. The van der Waals surface area contributed by atoms with Gasteiger partial charge in [-0.2, -0.15) is 0 Å². The predicted octanol–water partition coefficient (Wildman–Crippen LogP) is 2.43. The van der Waals surface area contributed by atoms with Gasteiger partial charge in [0.1, 0.15) is 5.75 Å². The third-order valence-electron chi connectivity index (χ3n) is 3.15. The second kappa shape index (κ2) is 6.90. The molecule has 1 aromatic heterocycles. The number of hydrazine groups is 1. The van der Waals surface area contributed by atoms with Crippen LogP contribution in [0.25, 0.3) is 11.3 Å². The summed E-state index contributed by atoms with van der Waals surface area (Å²) in [4.78, 5) is 11.5. The van der Waals surface area contributed by atoms with Crippen molar-refractivity contribution >= 4 is 5.91 Å². The number of aromatic nitrogens is 1. The lowest BCUT2D eigenvalue weighted by Crippen LogP contribution is -2.30. The number of benzene rings is 1. The first-order valence-electron chi connectivity index (χ1n) is 6.87. The molecular weight excluding hydrogens is 270 g/mol. The van der Waals surface area contributed by atoms with Gasteiger partial charge in [-0.25, -0.2) is 5.84 Å². The van der Waals surface area contributed by atoms with E-state index in [1.165, 1.54) is 0 Å². The van der Waals surface area contributed by atoms with Crippen molar-refractivity contribution in [2.24, 2.45) is 5.84 Å². The molecule has 0 bridgehead atoms. The fourth-order valence-electron chi connectivity index (χ4n) is 1.92. The molecule has 1 aromatic carbocycles. The maximum absolute atomic E-state index is 11.5. The molecule has 2 rings (SSSR count). The molecule has 0 aliphatic carbocycles. The van der Waals surface area contributed by atoms with E-state index in [0.29, 0.717) is 17.9 Å². The van der Waals surface area contributed by atoms with Crippen molar-refractivity contribution in [2.75, 3.05) is 6.61 Å². The van der Waals surface area contributed by atoms with Crippen LogP contribution in [0.15, 0.2) is 28.8 Å². The van der Waals surface area contributed by atoms with Gasteiger partial charge >= 0.3 is 0 Å². The zero-order valence-electron chi connectivity index (χ0n) is 12.2. The van der Waals surface area contributed by atoms with Gasteiger partial charge in [-0.1, -0.05) is 18.5 Å². The van der Waals surface area contributed by atoms with Gasteiger partial charge in [-0.05, 0) is 37.6 Å². The number of ether oxygens (including phenoxy) is 1. The number of nitrogens with one attached hydrogen (secondary N) is 1. The summed E-state index contributed by atoms with van der Waals surface area (Å²) in [6.07, 6.45) is 2.13. The normalized spacial score (nSPS) is 10.4. The topological polar surface area (TPSA) is 90.4 Å². The zero-order chi connectivity index (χ0) is 15.2. The summed E-state index contributed by atoms with van der Waals surface area (Å²) in [5.41, 5.74) is 3.72. The summed E-state index contributed by atoms with van der Waals surface area (Å²) in [5, 5.41) is 3.75. The third kappa shape index (κ3) is 3.41. The summed E-state index contributed by atoms with van der Waals surface area (Å²) in [6, 6.07) is 7.49.